The van der Waals surface area contributed by atoms with E-state index in [-0.39, 0.29) is 5.56 Å². The second-order valence-corrected chi connectivity index (χ2v) is 16.4. The highest BCUT2D eigenvalue weighted by atomic mass is 127. The number of para-hydroxylation sites is 1. The first-order chi connectivity index (χ1) is 27.6. The zero-order valence-electron chi connectivity index (χ0n) is 30.8. The van der Waals surface area contributed by atoms with Gasteiger partial charge < -0.3 is 18.6 Å². The van der Waals surface area contributed by atoms with Gasteiger partial charge in [-0.05, 0) is 67.4 Å². The van der Waals surface area contributed by atoms with Gasteiger partial charge in [-0.2, -0.15) is 4.31 Å². The van der Waals surface area contributed by atoms with E-state index in [0.29, 0.717) is 64.8 Å². The Labute approximate surface area is 342 Å². The molecule has 3 aromatic heterocycles. The van der Waals surface area contributed by atoms with Gasteiger partial charge in [-0.1, -0.05) is 24.3 Å². The monoisotopic (exact) mass is 905 g/mol. The van der Waals surface area contributed by atoms with Crippen molar-refractivity contribution in [2.45, 2.75) is 18.9 Å². The molecule has 2 N–H and O–H groups in total. The van der Waals surface area contributed by atoms with Crippen LogP contribution in [0.15, 0.2) is 97.3 Å². The SMILES string of the molecule is CS(=O)(=O)N1CCN(C2CCN(c3ccc(Nc4nccc(-c5c(-c6cccc(C(=O)Nc7c(F)cccc7F)c6)nc6ccccn56)n4)c(OI)c3)CC2)CC1. The van der Waals surface area contributed by atoms with E-state index >= 15 is 0 Å². The number of carbonyl (C=O) groups is 1. The molecule has 3 aromatic carbocycles. The predicted octanol–water partition coefficient (Wildman–Crippen LogP) is 7.01. The molecule has 0 radical (unpaired) electrons. The number of halogens is 3. The lowest BCUT2D eigenvalue weighted by molar-refractivity contribution is 0.102. The summed E-state index contributed by atoms with van der Waals surface area (Å²) in [5.74, 6) is -1.49. The maximum Gasteiger partial charge on any atom is 0.255 e. The lowest BCUT2D eigenvalue weighted by Crippen LogP contribution is -2.54. The molecular weight excluding hydrogens is 867 g/mol. The fourth-order valence-electron chi connectivity index (χ4n) is 7.49. The zero-order chi connectivity index (χ0) is 39.7. The Hall–Kier alpha value is -5.24. The predicted molar refractivity (Wildman–Crippen MR) is 224 cm³/mol. The summed E-state index contributed by atoms with van der Waals surface area (Å²) in [4.78, 5) is 32.2. The Morgan fingerprint density at radius 2 is 1.63 bits per heavy atom. The van der Waals surface area contributed by atoms with Crippen molar-refractivity contribution in [3.63, 3.8) is 0 Å². The van der Waals surface area contributed by atoms with Gasteiger partial charge in [-0.3, -0.25) is 14.1 Å². The van der Waals surface area contributed by atoms with Gasteiger partial charge in [0.25, 0.3) is 5.91 Å². The van der Waals surface area contributed by atoms with Crippen molar-refractivity contribution >= 4 is 67.6 Å². The molecule has 2 saturated heterocycles. The third-order valence-corrected chi connectivity index (χ3v) is 12.2. The molecule has 2 aliphatic heterocycles. The number of rotatable bonds is 10. The molecule has 0 unspecified atom stereocenters. The van der Waals surface area contributed by atoms with Gasteiger partial charge in [0.15, 0.2) is 28.8 Å². The van der Waals surface area contributed by atoms with Crippen molar-refractivity contribution in [1.82, 2.24) is 28.6 Å². The third kappa shape index (κ3) is 8.28. The Morgan fingerprint density at radius 1 is 0.877 bits per heavy atom. The molecule has 0 atom stereocenters. The lowest BCUT2D eigenvalue weighted by Gasteiger charge is -2.42. The van der Waals surface area contributed by atoms with E-state index in [1.54, 1.807) is 34.8 Å². The number of sulfonamides is 1. The van der Waals surface area contributed by atoms with Crippen LogP contribution in [0.1, 0.15) is 23.2 Å². The maximum atomic E-state index is 14.3. The minimum Gasteiger partial charge on any atom is -0.425 e. The van der Waals surface area contributed by atoms with Crippen LogP contribution in [0.25, 0.3) is 28.3 Å². The molecule has 0 aliphatic carbocycles. The fourth-order valence-corrected chi connectivity index (χ4v) is 8.68. The summed E-state index contributed by atoms with van der Waals surface area (Å²) < 4.78 is 61.8. The number of pyridine rings is 1. The van der Waals surface area contributed by atoms with Gasteiger partial charge in [-0.25, -0.2) is 32.2 Å². The smallest absolute Gasteiger partial charge is 0.255 e. The van der Waals surface area contributed by atoms with E-state index in [1.165, 1.54) is 12.3 Å². The number of aromatic nitrogens is 4. The first-order valence-corrected chi connectivity index (χ1v) is 21.1. The minimum absolute atomic E-state index is 0.187. The standard InChI is InChI=1S/C40H38F2IN9O4S/c1-57(54,55)51-22-20-50(21-23-51)28-14-18-49(19-15-28)29-11-12-32(34(25-29)56-43)45-40-44-16-13-33(46-40)38-36(47-35-10-2-3-17-52(35)38)26-6-4-7-27(24-26)39(53)48-37-30(41)8-5-9-31(37)42/h2-13,16-17,24-25,28H,14-15,18-23H2,1H3,(H,48,53)(H,44,45,46). The van der Waals surface area contributed by atoms with Crippen LogP contribution < -0.4 is 18.6 Å². The van der Waals surface area contributed by atoms with E-state index in [0.717, 1.165) is 56.8 Å². The second kappa shape index (κ2) is 16.3. The summed E-state index contributed by atoms with van der Waals surface area (Å²) in [5, 5.41) is 5.67. The van der Waals surface area contributed by atoms with Crippen molar-refractivity contribution in [3.8, 4) is 28.4 Å². The molecule has 57 heavy (non-hydrogen) atoms. The van der Waals surface area contributed by atoms with E-state index in [1.807, 2.05) is 76.1 Å². The number of nitrogens with one attached hydrogen (secondary N) is 2. The van der Waals surface area contributed by atoms with Crippen LogP contribution in [0, 0.1) is 11.6 Å². The largest absolute Gasteiger partial charge is 0.425 e. The van der Waals surface area contributed by atoms with Gasteiger partial charge in [0.2, 0.25) is 16.0 Å². The molecule has 2 aliphatic rings. The van der Waals surface area contributed by atoms with Crippen LogP contribution in [-0.2, 0) is 10.0 Å². The van der Waals surface area contributed by atoms with Crippen LogP contribution in [0.3, 0.4) is 0 Å². The van der Waals surface area contributed by atoms with Crippen LogP contribution in [0.4, 0.5) is 31.8 Å². The fraction of sp³-hybridized carbons (Fsp3) is 0.250. The van der Waals surface area contributed by atoms with E-state index in [4.69, 9.17) is 13.0 Å². The molecule has 294 valence electrons. The highest BCUT2D eigenvalue weighted by Crippen LogP contribution is 2.36. The first kappa shape index (κ1) is 38.6. The van der Waals surface area contributed by atoms with Crippen molar-refractivity contribution in [2.75, 3.05) is 61.1 Å². The van der Waals surface area contributed by atoms with Gasteiger partial charge in [0.1, 0.15) is 23.0 Å². The second-order valence-electron chi connectivity index (χ2n) is 13.9. The number of fused-ring (bicyclic) bond motifs is 1. The van der Waals surface area contributed by atoms with E-state index in [2.05, 4.69) is 25.4 Å². The minimum atomic E-state index is -3.16. The topological polar surface area (TPSA) is 137 Å². The summed E-state index contributed by atoms with van der Waals surface area (Å²) in [6.45, 7) is 4.31. The number of hydrogen-bond acceptors (Lipinski definition) is 10. The van der Waals surface area contributed by atoms with Crippen LogP contribution in [0.5, 0.6) is 5.75 Å². The summed E-state index contributed by atoms with van der Waals surface area (Å²) in [7, 11) is -3.16. The van der Waals surface area contributed by atoms with Crippen molar-refractivity contribution < 1.29 is 25.1 Å². The molecule has 5 heterocycles. The Kier molecular flexibility index (Phi) is 11.1. The van der Waals surface area contributed by atoms with Crippen molar-refractivity contribution in [2.24, 2.45) is 0 Å². The molecule has 1 amide bonds. The molecule has 13 nitrogen and oxygen atoms in total. The molecule has 8 rings (SSSR count). The van der Waals surface area contributed by atoms with Crippen LogP contribution >= 0.6 is 23.0 Å². The Balaban J connectivity index is 1.00. The van der Waals surface area contributed by atoms with Crippen molar-refractivity contribution in [3.05, 3.63) is 115 Å². The van der Waals surface area contributed by atoms with Gasteiger partial charge >= 0.3 is 0 Å². The van der Waals surface area contributed by atoms with Crippen LogP contribution in [0.2, 0.25) is 0 Å². The summed E-state index contributed by atoms with van der Waals surface area (Å²) in [6.07, 6.45) is 6.76. The summed E-state index contributed by atoms with van der Waals surface area (Å²) in [5.41, 5.74) is 4.36. The van der Waals surface area contributed by atoms with Crippen molar-refractivity contribution in [1.29, 1.82) is 0 Å². The molecule has 17 heteroatoms. The number of carbonyl (C=O) groups excluding carboxylic acids is 1. The summed E-state index contributed by atoms with van der Waals surface area (Å²) in [6, 6.07) is 23.9. The molecule has 0 saturated carbocycles. The molecular formula is C40H38F2IN9O4S. The zero-order valence-corrected chi connectivity index (χ0v) is 33.8. The quantitative estimate of drug-likeness (QED) is 0.138. The van der Waals surface area contributed by atoms with Gasteiger partial charge in [-0.15, -0.1) is 0 Å². The number of benzene rings is 3. The highest BCUT2D eigenvalue weighted by molar-refractivity contribution is 14.1. The number of anilines is 4. The number of imidazole rings is 1. The number of amides is 1. The van der Waals surface area contributed by atoms with Gasteiger partial charge in [0.05, 0.1) is 29.0 Å². The number of piperidine rings is 1. The van der Waals surface area contributed by atoms with E-state index in [9.17, 15) is 22.0 Å². The normalized spacial score (nSPS) is 15.8. The molecule has 0 spiro atoms. The molecule has 0 bridgehead atoms. The number of piperazine rings is 1. The van der Waals surface area contributed by atoms with E-state index < -0.39 is 33.3 Å². The number of nitrogens with zero attached hydrogens (tertiary/aromatic N) is 7. The first-order valence-electron chi connectivity index (χ1n) is 18.4. The maximum absolute atomic E-state index is 14.3. The Morgan fingerprint density at radius 3 is 2.37 bits per heavy atom. The van der Waals surface area contributed by atoms with Gasteiger partial charge in [0, 0.05) is 80.6 Å². The van der Waals surface area contributed by atoms with Crippen LogP contribution in [-0.4, -0.2) is 94.4 Å². The average molecular weight is 906 g/mol. The Bertz CT molecular complexity index is 2540. The number of hydrogen-bond donors (Lipinski definition) is 2. The lowest BCUT2D eigenvalue weighted by atomic mass is 10.0. The summed E-state index contributed by atoms with van der Waals surface area (Å²) >= 11 is 1.87. The average Bonchev–Trinajstić information content (AvgIpc) is 3.62. The third-order valence-electron chi connectivity index (χ3n) is 10.4. The molecule has 2 fully saturated rings. The highest BCUT2D eigenvalue weighted by Gasteiger charge is 2.30. The molecule has 6 aromatic rings.